The summed E-state index contributed by atoms with van der Waals surface area (Å²) in [4.78, 5) is 40.1. The average molecular weight is 853 g/mol. The lowest BCUT2D eigenvalue weighted by molar-refractivity contribution is -0.117. The van der Waals surface area contributed by atoms with E-state index in [2.05, 4.69) is 97.6 Å². The van der Waals surface area contributed by atoms with Gasteiger partial charge in [-0.1, -0.05) is 53.4 Å². The molecule has 2 aliphatic rings. The smallest absolute Gasteiger partial charge is 0.258 e. The highest BCUT2D eigenvalue weighted by atomic mass is 32.1. The van der Waals surface area contributed by atoms with Crippen LogP contribution < -0.4 is 10.6 Å². The van der Waals surface area contributed by atoms with Gasteiger partial charge < -0.3 is 10.6 Å². The molecule has 0 radical (unpaired) electrons. The molecule has 0 unspecified atom stereocenters. The molecule has 290 valence electrons. The molecule has 2 amide bonds. The normalized spacial score (nSPS) is 14.1. The Bertz CT molecular complexity index is 2270. The molecule has 0 saturated heterocycles. The van der Waals surface area contributed by atoms with Gasteiger partial charge in [0.2, 0.25) is 0 Å². The molecular weight excluding hydrogens is 805 g/mol. The summed E-state index contributed by atoms with van der Waals surface area (Å²) in [6, 6.07) is 18.1. The van der Waals surface area contributed by atoms with E-state index in [1.165, 1.54) is 87.0 Å². The van der Waals surface area contributed by atoms with E-state index in [-0.39, 0.29) is 11.8 Å². The summed E-state index contributed by atoms with van der Waals surface area (Å²) in [5, 5.41) is 10.8. The van der Waals surface area contributed by atoms with Gasteiger partial charge >= 0.3 is 0 Å². The zero-order valence-corrected chi connectivity index (χ0v) is 37.4. The van der Waals surface area contributed by atoms with Crippen LogP contribution in [0, 0.1) is 0 Å². The Morgan fingerprint density at radius 1 is 0.429 bits per heavy atom. The van der Waals surface area contributed by atoms with Crippen molar-refractivity contribution in [1.29, 1.82) is 0 Å². The molecule has 0 spiro atoms. The van der Waals surface area contributed by atoms with Gasteiger partial charge in [0, 0.05) is 39.0 Å². The highest BCUT2D eigenvalue weighted by molar-refractivity contribution is 7.27. The summed E-state index contributed by atoms with van der Waals surface area (Å²) in [7, 11) is 0. The van der Waals surface area contributed by atoms with Crippen LogP contribution in [-0.4, -0.2) is 11.8 Å². The largest absolute Gasteiger partial charge is 0.320 e. The fourth-order valence-electron chi connectivity index (χ4n) is 7.57. The first-order valence-corrected chi connectivity index (χ1v) is 25.2. The molecule has 8 heterocycles. The molecule has 2 aliphatic heterocycles. The van der Waals surface area contributed by atoms with Gasteiger partial charge in [0.1, 0.15) is 0 Å². The van der Waals surface area contributed by atoms with Crippen LogP contribution in [0.15, 0.2) is 70.4 Å². The van der Waals surface area contributed by atoms with Crippen LogP contribution in [0.25, 0.3) is 50.4 Å². The van der Waals surface area contributed by atoms with E-state index in [0.717, 1.165) is 61.1 Å². The van der Waals surface area contributed by atoms with Crippen LogP contribution in [0.2, 0.25) is 0 Å². The lowest BCUT2D eigenvalue weighted by Gasteiger charge is -2.04. The third kappa shape index (κ3) is 7.77. The van der Waals surface area contributed by atoms with Crippen molar-refractivity contribution in [2.24, 2.45) is 0 Å². The Balaban J connectivity index is 1.14. The molecule has 0 aliphatic carbocycles. The van der Waals surface area contributed by atoms with Crippen LogP contribution in [0.3, 0.4) is 0 Å². The minimum Gasteiger partial charge on any atom is -0.320 e. The number of rotatable bonds is 18. The highest BCUT2D eigenvalue weighted by Gasteiger charge is 2.42. The molecule has 6 aromatic rings. The quantitative estimate of drug-likeness (QED) is 0.0905. The predicted octanol–water partition coefficient (Wildman–Crippen LogP) is 14.5. The van der Waals surface area contributed by atoms with Crippen molar-refractivity contribution in [3.05, 3.63) is 102 Å². The van der Waals surface area contributed by atoms with E-state index in [9.17, 15) is 9.59 Å². The Hall–Kier alpha value is -3.38. The maximum Gasteiger partial charge on any atom is 0.258 e. The molecule has 0 aromatic carbocycles. The first-order valence-electron chi connectivity index (χ1n) is 20.1. The summed E-state index contributed by atoms with van der Waals surface area (Å²) in [6.07, 6.45) is 13.3. The first-order chi connectivity index (χ1) is 27.4. The number of nitrogens with one attached hydrogen (secondary N) is 2. The zero-order valence-electron chi connectivity index (χ0n) is 32.5. The minimum atomic E-state index is -0.204. The molecule has 0 fully saturated rings. The first kappa shape index (κ1) is 39.4. The number of hydrogen-bond donors (Lipinski definition) is 2. The second-order valence-corrected chi connectivity index (χ2v) is 20.7. The average Bonchev–Trinajstić information content (AvgIpc) is 4.04. The lowest BCUT2D eigenvalue weighted by Crippen LogP contribution is -2.20. The fourth-order valence-corrected chi connectivity index (χ4v) is 14.5. The SMILES string of the molecule is CCCCc1ccsc1-c1ccc(-c2sc(C3=C4C(=O)NC(c5cc(CCCC)c(-c6ccc(-c7sccc7CCCC)s6)s5)=C4C(=O)N3)cc2CCCC)s1. The molecule has 10 heteroatoms. The van der Waals surface area contributed by atoms with Crippen LogP contribution in [0.4, 0.5) is 0 Å². The number of amides is 2. The van der Waals surface area contributed by atoms with Gasteiger partial charge in [-0.2, -0.15) is 0 Å². The summed E-state index contributed by atoms with van der Waals surface area (Å²) in [6.45, 7) is 8.95. The second kappa shape index (κ2) is 17.6. The summed E-state index contributed by atoms with van der Waals surface area (Å²) < 4.78 is 0. The van der Waals surface area contributed by atoms with Crippen molar-refractivity contribution < 1.29 is 9.59 Å². The Morgan fingerprint density at radius 3 is 1.16 bits per heavy atom. The molecular formula is C46H48N2O2S6. The molecule has 0 saturated carbocycles. The maximum atomic E-state index is 13.9. The molecule has 0 bridgehead atoms. The Labute approximate surface area is 355 Å². The van der Waals surface area contributed by atoms with Gasteiger partial charge in [0.15, 0.2) is 0 Å². The summed E-state index contributed by atoms with van der Waals surface area (Å²) in [5.74, 6) is -0.408. The fraction of sp³-hybridized carbons (Fsp3) is 0.348. The molecule has 0 atom stereocenters. The van der Waals surface area contributed by atoms with E-state index in [1.807, 2.05) is 45.3 Å². The Kier molecular flexibility index (Phi) is 12.4. The third-order valence-corrected chi connectivity index (χ3v) is 17.8. The van der Waals surface area contributed by atoms with Gasteiger partial charge in [-0.15, -0.1) is 68.0 Å². The number of fused-ring (bicyclic) bond motifs is 1. The predicted molar refractivity (Wildman–Crippen MR) is 246 cm³/mol. The van der Waals surface area contributed by atoms with E-state index < -0.39 is 0 Å². The van der Waals surface area contributed by atoms with E-state index in [4.69, 9.17) is 0 Å². The lowest BCUT2D eigenvalue weighted by atomic mass is 10.0. The van der Waals surface area contributed by atoms with Crippen molar-refractivity contribution in [1.82, 2.24) is 10.6 Å². The second-order valence-electron chi connectivity index (χ2n) is 14.6. The van der Waals surface area contributed by atoms with Crippen molar-refractivity contribution in [2.75, 3.05) is 0 Å². The van der Waals surface area contributed by atoms with E-state index >= 15 is 0 Å². The van der Waals surface area contributed by atoms with Crippen molar-refractivity contribution in [2.45, 2.75) is 105 Å². The molecule has 8 rings (SSSR count). The topological polar surface area (TPSA) is 58.2 Å². The number of hydrogen-bond acceptors (Lipinski definition) is 8. The zero-order chi connectivity index (χ0) is 38.8. The van der Waals surface area contributed by atoms with E-state index in [1.54, 1.807) is 22.7 Å². The van der Waals surface area contributed by atoms with Gasteiger partial charge in [-0.05, 0) is 133 Å². The highest BCUT2D eigenvalue weighted by Crippen LogP contribution is 2.49. The summed E-state index contributed by atoms with van der Waals surface area (Å²) >= 11 is 10.8. The van der Waals surface area contributed by atoms with Gasteiger partial charge in [-0.3, -0.25) is 9.59 Å². The summed E-state index contributed by atoms with van der Waals surface area (Å²) in [5.41, 5.74) is 7.70. The monoisotopic (exact) mass is 852 g/mol. The van der Waals surface area contributed by atoms with E-state index in [0.29, 0.717) is 22.5 Å². The van der Waals surface area contributed by atoms with Crippen LogP contribution in [0.1, 0.15) is 111 Å². The van der Waals surface area contributed by atoms with Crippen LogP contribution >= 0.6 is 68.0 Å². The molecule has 2 N–H and O–H groups in total. The number of unbranched alkanes of at least 4 members (excludes halogenated alkanes) is 4. The van der Waals surface area contributed by atoms with Crippen molar-refractivity contribution >= 4 is 91.2 Å². The van der Waals surface area contributed by atoms with Crippen molar-refractivity contribution in [3.63, 3.8) is 0 Å². The van der Waals surface area contributed by atoms with Gasteiger partial charge in [0.05, 0.1) is 32.3 Å². The van der Waals surface area contributed by atoms with Crippen LogP contribution in [-0.2, 0) is 35.3 Å². The Morgan fingerprint density at radius 2 is 0.786 bits per heavy atom. The van der Waals surface area contributed by atoms with Crippen molar-refractivity contribution in [3.8, 4) is 39.0 Å². The molecule has 4 nitrogen and oxygen atoms in total. The maximum absolute atomic E-state index is 13.9. The molecule has 6 aromatic heterocycles. The number of carbonyl (C=O) groups excluding carboxylic acids is 2. The number of thiophene rings is 6. The van der Waals surface area contributed by atoms with Gasteiger partial charge in [-0.25, -0.2) is 0 Å². The molecule has 56 heavy (non-hydrogen) atoms. The minimum absolute atomic E-state index is 0.204. The number of carbonyl (C=O) groups is 2. The van der Waals surface area contributed by atoms with Crippen LogP contribution in [0.5, 0.6) is 0 Å². The third-order valence-electron chi connectivity index (χ3n) is 10.6. The standard InChI is InChI=1S/C46H48N2O2S6/c1-5-9-13-27-21-23-51-41(27)31-17-19-33(53-31)43-29(15-11-7-3)25-35(55-43)39-37-38(46(50)47-39)40(48-45(37)49)36-26-30(16-12-8-4)44(56-36)34-20-18-32(54-34)42-28(14-10-6-2)22-24-52-42/h17-26H,5-16H2,1-4H3,(H,47,50)(H,48,49). The number of aryl methyl sites for hydroxylation is 4. The van der Waals surface area contributed by atoms with Gasteiger partial charge in [0.25, 0.3) is 11.8 Å².